The molecular formula is C24H20ClFN2O2. The average Bonchev–Trinajstić information content (AvgIpc) is 3.09. The molecule has 6 heteroatoms. The lowest BCUT2D eigenvalue weighted by Crippen LogP contribution is -2.05. The van der Waals surface area contributed by atoms with E-state index in [1.807, 2.05) is 54.6 Å². The molecule has 152 valence electrons. The number of nitrogens with zero attached hydrogens (tertiary/aromatic N) is 2. The maximum absolute atomic E-state index is 13.8. The summed E-state index contributed by atoms with van der Waals surface area (Å²) in [5.74, 6) is 1.04. The molecule has 1 heterocycles. The lowest BCUT2D eigenvalue weighted by Gasteiger charge is -2.12. The first kappa shape index (κ1) is 20.0. The second-order valence-electron chi connectivity index (χ2n) is 6.70. The summed E-state index contributed by atoms with van der Waals surface area (Å²) in [6.07, 6.45) is 0. The van der Waals surface area contributed by atoms with Gasteiger partial charge in [0.05, 0.1) is 31.5 Å². The molecule has 4 nitrogen and oxygen atoms in total. The lowest BCUT2D eigenvalue weighted by atomic mass is 10.1. The zero-order valence-electron chi connectivity index (χ0n) is 16.6. The fourth-order valence-corrected chi connectivity index (χ4v) is 3.81. The van der Waals surface area contributed by atoms with Gasteiger partial charge < -0.3 is 9.47 Å². The molecule has 0 aliphatic heterocycles. The summed E-state index contributed by atoms with van der Waals surface area (Å²) in [6, 6.07) is 21.6. The number of ether oxygens (including phenoxy) is 2. The highest BCUT2D eigenvalue weighted by atomic mass is 35.5. The van der Waals surface area contributed by atoms with Crippen LogP contribution >= 0.6 is 11.6 Å². The van der Waals surface area contributed by atoms with Gasteiger partial charge in [0, 0.05) is 11.1 Å². The monoisotopic (exact) mass is 422 g/mol. The van der Waals surface area contributed by atoms with Crippen LogP contribution in [-0.2, 0) is 6.54 Å². The summed E-state index contributed by atoms with van der Waals surface area (Å²) >= 11 is 6.89. The van der Waals surface area contributed by atoms with Gasteiger partial charge in [-0.1, -0.05) is 48.0 Å². The van der Waals surface area contributed by atoms with E-state index in [-0.39, 0.29) is 5.82 Å². The van der Waals surface area contributed by atoms with Gasteiger partial charge in [0.2, 0.25) is 0 Å². The van der Waals surface area contributed by atoms with Crippen molar-refractivity contribution in [3.63, 3.8) is 0 Å². The largest absolute Gasteiger partial charge is 0.496 e. The quantitative estimate of drug-likeness (QED) is 0.378. The number of hydrogen-bond donors (Lipinski definition) is 0. The van der Waals surface area contributed by atoms with Crippen molar-refractivity contribution in [3.8, 4) is 34.0 Å². The van der Waals surface area contributed by atoms with Crippen LogP contribution < -0.4 is 9.47 Å². The summed E-state index contributed by atoms with van der Waals surface area (Å²) in [4.78, 5) is 0. The normalized spacial score (nSPS) is 10.8. The first-order valence-electron chi connectivity index (χ1n) is 9.40. The van der Waals surface area contributed by atoms with Gasteiger partial charge in [-0.15, -0.1) is 0 Å². The Hall–Kier alpha value is -3.31. The summed E-state index contributed by atoms with van der Waals surface area (Å²) in [5.41, 5.74) is 3.64. The van der Waals surface area contributed by atoms with Crippen molar-refractivity contribution < 1.29 is 13.9 Å². The van der Waals surface area contributed by atoms with Gasteiger partial charge in [0.25, 0.3) is 0 Å². The van der Waals surface area contributed by atoms with Crippen LogP contribution in [0.25, 0.3) is 22.5 Å². The molecule has 0 aliphatic carbocycles. The molecule has 0 saturated heterocycles. The van der Waals surface area contributed by atoms with Gasteiger partial charge in [-0.3, -0.25) is 4.68 Å². The van der Waals surface area contributed by atoms with Gasteiger partial charge >= 0.3 is 0 Å². The maximum atomic E-state index is 13.8. The number of benzene rings is 3. The molecule has 4 aromatic rings. The van der Waals surface area contributed by atoms with E-state index in [9.17, 15) is 4.39 Å². The van der Waals surface area contributed by atoms with Gasteiger partial charge in [-0.05, 0) is 42.0 Å². The van der Waals surface area contributed by atoms with E-state index in [4.69, 9.17) is 26.2 Å². The van der Waals surface area contributed by atoms with E-state index in [1.54, 1.807) is 25.0 Å². The lowest BCUT2D eigenvalue weighted by molar-refractivity contribution is 0.416. The topological polar surface area (TPSA) is 36.3 Å². The Morgan fingerprint density at radius 3 is 2.17 bits per heavy atom. The van der Waals surface area contributed by atoms with E-state index in [0.29, 0.717) is 34.5 Å². The predicted octanol–water partition coefficient (Wildman–Crippen LogP) is 6.08. The minimum Gasteiger partial charge on any atom is -0.496 e. The molecule has 0 bridgehead atoms. The second-order valence-corrected chi connectivity index (χ2v) is 7.08. The molecule has 0 fully saturated rings. The zero-order chi connectivity index (χ0) is 21.1. The smallest absolute Gasteiger partial charge is 0.128 e. The Kier molecular flexibility index (Phi) is 5.72. The number of rotatable bonds is 6. The highest BCUT2D eigenvalue weighted by molar-refractivity contribution is 6.35. The van der Waals surface area contributed by atoms with Crippen molar-refractivity contribution in [2.45, 2.75) is 6.54 Å². The van der Waals surface area contributed by atoms with Crippen molar-refractivity contribution in [2.75, 3.05) is 14.2 Å². The predicted molar refractivity (Wildman–Crippen MR) is 117 cm³/mol. The van der Waals surface area contributed by atoms with Crippen LogP contribution in [0.15, 0.2) is 72.8 Å². The van der Waals surface area contributed by atoms with Crippen LogP contribution in [0.3, 0.4) is 0 Å². The summed E-state index contributed by atoms with van der Waals surface area (Å²) in [7, 11) is 3.22. The van der Waals surface area contributed by atoms with Crippen LogP contribution in [0.4, 0.5) is 4.39 Å². The molecule has 30 heavy (non-hydrogen) atoms. The number of para-hydroxylation sites is 2. The fraction of sp³-hybridized carbons (Fsp3) is 0.125. The van der Waals surface area contributed by atoms with E-state index in [2.05, 4.69) is 0 Å². The highest BCUT2D eigenvalue weighted by Gasteiger charge is 2.23. The van der Waals surface area contributed by atoms with E-state index >= 15 is 0 Å². The van der Waals surface area contributed by atoms with E-state index < -0.39 is 0 Å². The maximum Gasteiger partial charge on any atom is 0.128 e. The van der Waals surface area contributed by atoms with Crippen LogP contribution in [0.1, 0.15) is 5.56 Å². The fourth-order valence-electron chi connectivity index (χ4n) is 3.47. The Bertz CT molecular complexity index is 1190. The molecule has 3 aromatic carbocycles. The first-order chi connectivity index (χ1) is 14.6. The number of methoxy groups -OCH3 is 2. The Morgan fingerprint density at radius 2 is 1.50 bits per heavy atom. The summed E-state index contributed by atoms with van der Waals surface area (Å²) < 4.78 is 26.6. The van der Waals surface area contributed by atoms with Crippen LogP contribution in [0.5, 0.6) is 11.5 Å². The number of hydrogen-bond acceptors (Lipinski definition) is 3. The third-order valence-electron chi connectivity index (χ3n) is 4.84. The third kappa shape index (κ3) is 3.76. The Balaban J connectivity index is 1.93. The molecule has 0 atom stereocenters. The standard InChI is InChI=1S/C24H20ClFN2O2/c1-29-20-12-5-3-10-18(20)23-22(25)24(19-11-4-6-13-21(19)30-2)28(27-23)15-16-8-7-9-17(26)14-16/h3-14H,15H2,1-2H3. The molecular weight excluding hydrogens is 403 g/mol. The van der Waals surface area contributed by atoms with Crippen LogP contribution in [0.2, 0.25) is 5.02 Å². The summed E-state index contributed by atoms with van der Waals surface area (Å²) in [5, 5.41) is 5.26. The molecule has 0 unspecified atom stereocenters. The van der Waals surface area contributed by atoms with Gasteiger partial charge in [-0.25, -0.2) is 4.39 Å². The second kappa shape index (κ2) is 8.59. The average molecular weight is 423 g/mol. The van der Waals surface area contributed by atoms with Gasteiger partial charge in [0.1, 0.15) is 23.0 Å². The minimum absolute atomic E-state index is 0.297. The number of aromatic nitrogens is 2. The Labute approximate surface area is 179 Å². The third-order valence-corrected chi connectivity index (χ3v) is 5.20. The van der Waals surface area contributed by atoms with Crippen molar-refractivity contribution in [2.24, 2.45) is 0 Å². The molecule has 0 radical (unpaired) electrons. The SMILES string of the molecule is COc1ccccc1-c1nn(Cc2cccc(F)c2)c(-c2ccccc2OC)c1Cl. The first-order valence-corrected chi connectivity index (χ1v) is 9.77. The van der Waals surface area contributed by atoms with Crippen molar-refractivity contribution >= 4 is 11.6 Å². The molecule has 0 aliphatic rings. The van der Waals surface area contributed by atoms with Gasteiger partial charge in [0.15, 0.2) is 0 Å². The molecule has 4 rings (SSSR count). The highest BCUT2D eigenvalue weighted by Crippen LogP contribution is 2.42. The minimum atomic E-state index is -0.297. The van der Waals surface area contributed by atoms with E-state index in [1.165, 1.54) is 12.1 Å². The molecule has 0 spiro atoms. The number of halogens is 2. The van der Waals surface area contributed by atoms with Crippen molar-refractivity contribution in [1.29, 1.82) is 0 Å². The molecule has 0 saturated carbocycles. The molecule has 0 N–H and O–H groups in total. The van der Waals surface area contributed by atoms with Crippen LogP contribution in [0, 0.1) is 5.82 Å². The molecule has 1 aromatic heterocycles. The van der Waals surface area contributed by atoms with Gasteiger partial charge in [-0.2, -0.15) is 5.10 Å². The van der Waals surface area contributed by atoms with Crippen LogP contribution in [-0.4, -0.2) is 24.0 Å². The van der Waals surface area contributed by atoms with E-state index in [0.717, 1.165) is 16.7 Å². The summed E-state index contributed by atoms with van der Waals surface area (Å²) in [6.45, 7) is 0.347. The Morgan fingerprint density at radius 1 is 0.867 bits per heavy atom. The van der Waals surface area contributed by atoms with Crippen molar-refractivity contribution in [1.82, 2.24) is 9.78 Å². The molecule has 0 amide bonds. The zero-order valence-corrected chi connectivity index (χ0v) is 17.4. The van der Waals surface area contributed by atoms with Crippen molar-refractivity contribution in [3.05, 3.63) is 89.2 Å².